The van der Waals surface area contributed by atoms with Crippen molar-refractivity contribution in [3.05, 3.63) is 6.07 Å². The first-order valence-corrected chi connectivity index (χ1v) is 5.44. The van der Waals surface area contributed by atoms with Crippen LogP contribution in [-0.4, -0.2) is 55.3 Å². The Balaban J connectivity index is 2.18. The molecule has 0 aliphatic rings. The lowest BCUT2D eigenvalue weighted by atomic mass is 10.5. The average Bonchev–Trinajstić information content (AvgIpc) is 2.21. The van der Waals surface area contributed by atoms with Crippen molar-refractivity contribution in [1.29, 1.82) is 0 Å². The smallest absolute Gasteiger partial charge is 0.223 e. The molecule has 0 fully saturated rings. The van der Waals surface area contributed by atoms with Crippen LogP contribution in [0, 0.1) is 0 Å². The van der Waals surface area contributed by atoms with E-state index in [1.54, 1.807) is 6.07 Å². The molecule has 0 amide bonds. The Bertz CT molecular complexity index is 323. The molecule has 5 N–H and O–H groups in total. The van der Waals surface area contributed by atoms with Gasteiger partial charge < -0.3 is 26.4 Å². The molecular weight excluding hydrogens is 220 g/mol. The zero-order valence-corrected chi connectivity index (χ0v) is 10.3. The Kier molecular flexibility index (Phi) is 5.44. The Morgan fingerprint density at radius 1 is 1.29 bits per heavy atom. The first-order valence-electron chi connectivity index (χ1n) is 5.44. The number of hydrogen-bond donors (Lipinski definition) is 3. The highest BCUT2D eigenvalue weighted by atomic mass is 16.5. The van der Waals surface area contributed by atoms with Crippen molar-refractivity contribution < 1.29 is 4.74 Å². The standard InChI is InChI=1S/C10H20N6O/c1-16(2)4-6-17-5-3-13-9-7-8(11)14-10(12)15-9/h7H,3-6H2,1-2H3,(H5,11,12,13,14,15). The molecule has 7 heteroatoms. The molecule has 0 atom stereocenters. The second-order valence-electron chi connectivity index (χ2n) is 3.88. The molecule has 17 heavy (non-hydrogen) atoms. The summed E-state index contributed by atoms with van der Waals surface area (Å²) in [7, 11) is 4.02. The highest BCUT2D eigenvalue weighted by Crippen LogP contribution is 2.08. The summed E-state index contributed by atoms with van der Waals surface area (Å²) in [6, 6.07) is 1.64. The minimum absolute atomic E-state index is 0.168. The van der Waals surface area contributed by atoms with Crippen LogP contribution in [0.25, 0.3) is 0 Å². The van der Waals surface area contributed by atoms with Gasteiger partial charge in [-0.1, -0.05) is 0 Å². The van der Waals surface area contributed by atoms with Crippen LogP contribution in [0.1, 0.15) is 0 Å². The van der Waals surface area contributed by atoms with Crippen molar-refractivity contribution in [3.63, 3.8) is 0 Å². The minimum atomic E-state index is 0.168. The summed E-state index contributed by atoms with van der Waals surface area (Å²) in [6.45, 7) is 2.89. The maximum atomic E-state index is 5.54. The number of nitrogens with one attached hydrogen (secondary N) is 1. The summed E-state index contributed by atoms with van der Waals surface area (Å²) in [6.07, 6.45) is 0. The highest BCUT2D eigenvalue weighted by Gasteiger charge is 1.98. The Morgan fingerprint density at radius 3 is 2.71 bits per heavy atom. The van der Waals surface area contributed by atoms with Crippen LogP contribution < -0.4 is 16.8 Å². The lowest BCUT2D eigenvalue weighted by Gasteiger charge is -2.10. The largest absolute Gasteiger partial charge is 0.383 e. The summed E-state index contributed by atoms with van der Waals surface area (Å²) in [5, 5.41) is 3.06. The van der Waals surface area contributed by atoms with E-state index in [1.165, 1.54) is 0 Å². The predicted octanol–water partition coefficient (Wildman–Crippen LogP) is -0.369. The normalized spacial score (nSPS) is 10.8. The number of rotatable bonds is 7. The molecule has 0 aliphatic carbocycles. The van der Waals surface area contributed by atoms with Gasteiger partial charge in [-0.2, -0.15) is 9.97 Å². The van der Waals surface area contributed by atoms with Crippen LogP contribution in [0.5, 0.6) is 0 Å². The van der Waals surface area contributed by atoms with Crippen molar-refractivity contribution >= 4 is 17.6 Å². The molecule has 0 unspecified atom stereocenters. The molecule has 0 radical (unpaired) electrons. The van der Waals surface area contributed by atoms with E-state index in [1.807, 2.05) is 14.1 Å². The highest BCUT2D eigenvalue weighted by molar-refractivity contribution is 5.48. The van der Waals surface area contributed by atoms with Crippen molar-refractivity contribution in [2.24, 2.45) is 0 Å². The Morgan fingerprint density at radius 2 is 2.06 bits per heavy atom. The monoisotopic (exact) mass is 240 g/mol. The number of nitrogen functional groups attached to an aromatic ring is 2. The number of likely N-dealkylation sites (N-methyl/N-ethyl adjacent to an activating group) is 1. The van der Waals surface area contributed by atoms with Gasteiger partial charge in [-0.05, 0) is 14.1 Å². The molecule has 0 aromatic carbocycles. The molecule has 0 saturated heterocycles. The summed E-state index contributed by atoms with van der Waals surface area (Å²) in [5.74, 6) is 1.14. The zero-order valence-electron chi connectivity index (χ0n) is 10.3. The van der Waals surface area contributed by atoms with Crippen LogP contribution >= 0.6 is 0 Å². The average molecular weight is 240 g/mol. The van der Waals surface area contributed by atoms with Gasteiger partial charge in [0.15, 0.2) is 0 Å². The molecule has 1 rings (SSSR count). The summed E-state index contributed by atoms with van der Waals surface area (Å²) < 4.78 is 5.42. The lowest BCUT2D eigenvalue weighted by molar-refractivity contribution is 0.126. The molecule has 0 bridgehead atoms. The van der Waals surface area contributed by atoms with Gasteiger partial charge in [0.25, 0.3) is 0 Å². The molecular formula is C10H20N6O. The van der Waals surface area contributed by atoms with Crippen molar-refractivity contribution in [2.45, 2.75) is 0 Å². The summed E-state index contributed by atoms with van der Waals surface area (Å²) >= 11 is 0. The molecule has 0 aliphatic heterocycles. The lowest BCUT2D eigenvalue weighted by Crippen LogP contribution is -2.20. The second kappa shape index (κ2) is 6.87. The van der Waals surface area contributed by atoms with Gasteiger partial charge in [-0.3, -0.25) is 0 Å². The van der Waals surface area contributed by atoms with Gasteiger partial charge in [-0.15, -0.1) is 0 Å². The molecule has 0 spiro atoms. The summed E-state index contributed by atoms with van der Waals surface area (Å²) in [4.78, 5) is 9.84. The quantitative estimate of drug-likeness (QED) is 0.559. The van der Waals surface area contributed by atoms with E-state index in [4.69, 9.17) is 16.2 Å². The van der Waals surface area contributed by atoms with Gasteiger partial charge in [-0.25, -0.2) is 0 Å². The number of nitrogens with zero attached hydrogens (tertiary/aromatic N) is 3. The van der Waals surface area contributed by atoms with Gasteiger partial charge in [0.1, 0.15) is 11.6 Å². The van der Waals surface area contributed by atoms with Gasteiger partial charge in [0, 0.05) is 19.2 Å². The van der Waals surface area contributed by atoms with E-state index in [0.717, 1.165) is 6.54 Å². The van der Waals surface area contributed by atoms with Gasteiger partial charge >= 0.3 is 0 Å². The molecule has 1 aromatic heterocycles. The number of aromatic nitrogens is 2. The molecule has 96 valence electrons. The zero-order chi connectivity index (χ0) is 12.7. The fourth-order valence-electron chi connectivity index (χ4n) is 1.18. The van der Waals surface area contributed by atoms with Crippen LogP contribution in [0.2, 0.25) is 0 Å². The number of nitrogens with two attached hydrogens (primary N) is 2. The topological polar surface area (TPSA) is 102 Å². The second-order valence-corrected chi connectivity index (χ2v) is 3.88. The van der Waals surface area contributed by atoms with Crippen molar-refractivity contribution in [3.8, 4) is 0 Å². The number of anilines is 3. The Labute approximate surface area is 101 Å². The van der Waals surface area contributed by atoms with E-state index in [9.17, 15) is 0 Å². The van der Waals surface area contributed by atoms with Gasteiger partial charge in [0.05, 0.1) is 13.2 Å². The van der Waals surface area contributed by atoms with Crippen LogP contribution in [0.3, 0.4) is 0 Å². The summed E-state index contributed by atoms with van der Waals surface area (Å²) in [5.41, 5.74) is 11.0. The molecule has 7 nitrogen and oxygen atoms in total. The first-order chi connectivity index (χ1) is 8.08. The fraction of sp³-hybridized carbons (Fsp3) is 0.600. The van der Waals surface area contributed by atoms with Crippen molar-refractivity contribution in [1.82, 2.24) is 14.9 Å². The SMILES string of the molecule is CN(C)CCOCCNc1cc(N)nc(N)n1. The molecule has 0 saturated carbocycles. The first kappa shape index (κ1) is 13.5. The third-order valence-electron chi connectivity index (χ3n) is 2.00. The fourth-order valence-corrected chi connectivity index (χ4v) is 1.18. The van der Waals surface area contributed by atoms with E-state index < -0.39 is 0 Å². The van der Waals surface area contributed by atoms with E-state index in [0.29, 0.717) is 31.4 Å². The van der Waals surface area contributed by atoms with Gasteiger partial charge in [0.2, 0.25) is 5.95 Å². The predicted molar refractivity (Wildman–Crippen MR) is 68.7 cm³/mol. The third-order valence-corrected chi connectivity index (χ3v) is 2.00. The molecule has 1 heterocycles. The van der Waals surface area contributed by atoms with Crippen LogP contribution in [-0.2, 0) is 4.74 Å². The van der Waals surface area contributed by atoms with Crippen LogP contribution in [0.15, 0.2) is 6.07 Å². The Hall–Kier alpha value is -1.60. The van der Waals surface area contributed by atoms with E-state index in [2.05, 4.69) is 20.2 Å². The third kappa shape index (κ3) is 5.88. The van der Waals surface area contributed by atoms with E-state index in [-0.39, 0.29) is 5.95 Å². The van der Waals surface area contributed by atoms with Crippen molar-refractivity contribution in [2.75, 3.05) is 57.2 Å². The van der Waals surface area contributed by atoms with Crippen LogP contribution in [0.4, 0.5) is 17.6 Å². The maximum absolute atomic E-state index is 5.54. The maximum Gasteiger partial charge on any atom is 0.223 e. The minimum Gasteiger partial charge on any atom is -0.383 e. The number of ether oxygens (including phenoxy) is 1. The molecule has 1 aromatic rings. The number of hydrogen-bond acceptors (Lipinski definition) is 7. The van der Waals surface area contributed by atoms with E-state index >= 15 is 0 Å².